The number of hydrogen-bond donors (Lipinski definition) is 1. The van der Waals surface area contributed by atoms with Gasteiger partial charge in [-0.2, -0.15) is 0 Å². The minimum Gasteiger partial charge on any atom is -0.496 e. The summed E-state index contributed by atoms with van der Waals surface area (Å²) in [6.45, 7) is 1.93. The van der Waals surface area contributed by atoms with Gasteiger partial charge in [0.1, 0.15) is 11.9 Å². The first kappa shape index (κ1) is 12.9. The highest BCUT2D eigenvalue weighted by Crippen LogP contribution is 2.31. The van der Waals surface area contributed by atoms with Crippen molar-refractivity contribution in [2.45, 2.75) is 13.0 Å². The first-order chi connectivity index (χ1) is 8.63. The van der Waals surface area contributed by atoms with Gasteiger partial charge in [-0.05, 0) is 30.2 Å². The molecule has 0 aliphatic heterocycles. The van der Waals surface area contributed by atoms with Gasteiger partial charge >= 0.3 is 0 Å². The predicted molar refractivity (Wildman–Crippen MR) is 73.2 cm³/mol. The molecular formula is C15H15ClO2. The maximum absolute atomic E-state index is 10.4. The Morgan fingerprint density at radius 2 is 1.89 bits per heavy atom. The van der Waals surface area contributed by atoms with E-state index in [1.165, 1.54) is 0 Å². The van der Waals surface area contributed by atoms with E-state index in [0.29, 0.717) is 10.8 Å². The van der Waals surface area contributed by atoms with Gasteiger partial charge in [0, 0.05) is 10.6 Å². The van der Waals surface area contributed by atoms with Crippen LogP contribution in [0.1, 0.15) is 22.8 Å². The van der Waals surface area contributed by atoms with Gasteiger partial charge in [0.15, 0.2) is 0 Å². The van der Waals surface area contributed by atoms with Crippen LogP contribution in [0, 0.1) is 6.92 Å². The Morgan fingerprint density at radius 1 is 1.17 bits per heavy atom. The van der Waals surface area contributed by atoms with E-state index in [2.05, 4.69) is 0 Å². The zero-order chi connectivity index (χ0) is 13.1. The van der Waals surface area contributed by atoms with Gasteiger partial charge in [0.25, 0.3) is 0 Å². The molecule has 3 heteroatoms. The average molecular weight is 263 g/mol. The minimum atomic E-state index is -0.737. The second-order valence-electron chi connectivity index (χ2n) is 4.15. The lowest BCUT2D eigenvalue weighted by Crippen LogP contribution is -2.02. The van der Waals surface area contributed by atoms with E-state index in [0.717, 1.165) is 16.7 Å². The molecular weight excluding hydrogens is 248 g/mol. The van der Waals surface area contributed by atoms with Gasteiger partial charge in [-0.15, -0.1) is 0 Å². The van der Waals surface area contributed by atoms with Crippen molar-refractivity contribution in [3.8, 4) is 5.75 Å². The van der Waals surface area contributed by atoms with Crippen LogP contribution in [-0.2, 0) is 0 Å². The topological polar surface area (TPSA) is 29.5 Å². The van der Waals surface area contributed by atoms with Crippen LogP contribution < -0.4 is 4.74 Å². The molecule has 0 aliphatic carbocycles. The van der Waals surface area contributed by atoms with Crippen molar-refractivity contribution < 1.29 is 9.84 Å². The lowest BCUT2D eigenvalue weighted by molar-refractivity contribution is 0.214. The maximum Gasteiger partial charge on any atom is 0.125 e. The van der Waals surface area contributed by atoms with Gasteiger partial charge in [-0.25, -0.2) is 0 Å². The van der Waals surface area contributed by atoms with Crippen LogP contribution in [0.15, 0.2) is 42.5 Å². The number of methoxy groups -OCH3 is 1. The van der Waals surface area contributed by atoms with E-state index < -0.39 is 6.10 Å². The van der Waals surface area contributed by atoms with E-state index >= 15 is 0 Å². The molecule has 0 heterocycles. The monoisotopic (exact) mass is 262 g/mol. The van der Waals surface area contributed by atoms with E-state index in [-0.39, 0.29) is 0 Å². The molecule has 0 bridgehead atoms. The van der Waals surface area contributed by atoms with Crippen molar-refractivity contribution in [3.63, 3.8) is 0 Å². The van der Waals surface area contributed by atoms with Crippen LogP contribution in [0.3, 0.4) is 0 Å². The number of halogens is 1. The third-order valence-corrected chi connectivity index (χ3v) is 3.35. The number of benzene rings is 2. The summed E-state index contributed by atoms with van der Waals surface area (Å²) in [6, 6.07) is 13.0. The Bertz CT molecular complexity index is 552. The molecule has 1 N–H and O–H groups in total. The Balaban J connectivity index is 2.41. The Morgan fingerprint density at radius 3 is 2.56 bits per heavy atom. The molecule has 2 aromatic rings. The van der Waals surface area contributed by atoms with Crippen molar-refractivity contribution in [1.82, 2.24) is 0 Å². The molecule has 94 valence electrons. The van der Waals surface area contributed by atoms with Gasteiger partial charge in [-0.1, -0.05) is 41.9 Å². The van der Waals surface area contributed by atoms with Gasteiger partial charge in [0.05, 0.1) is 7.11 Å². The van der Waals surface area contributed by atoms with Crippen molar-refractivity contribution in [1.29, 1.82) is 0 Å². The first-order valence-corrected chi connectivity index (χ1v) is 6.08. The van der Waals surface area contributed by atoms with Crippen molar-refractivity contribution in [2.75, 3.05) is 7.11 Å². The highest BCUT2D eigenvalue weighted by atomic mass is 35.5. The molecule has 0 radical (unpaired) electrons. The highest BCUT2D eigenvalue weighted by Gasteiger charge is 2.15. The molecule has 0 saturated carbocycles. The van der Waals surface area contributed by atoms with Gasteiger partial charge < -0.3 is 9.84 Å². The summed E-state index contributed by atoms with van der Waals surface area (Å²) in [4.78, 5) is 0. The molecule has 2 aromatic carbocycles. The highest BCUT2D eigenvalue weighted by molar-refractivity contribution is 6.31. The van der Waals surface area contributed by atoms with Crippen molar-refractivity contribution in [3.05, 3.63) is 64.2 Å². The minimum absolute atomic E-state index is 0.654. The summed E-state index contributed by atoms with van der Waals surface area (Å²) in [5.74, 6) is 0.668. The molecule has 0 amide bonds. The summed E-state index contributed by atoms with van der Waals surface area (Å²) in [6.07, 6.45) is -0.737. The third-order valence-electron chi connectivity index (χ3n) is 2.95. The van der Waals surface area contributed by atoms with Crippen LogP contribution in [0.2, 0.25) is 5.02 Å². The summed E-state index contributed by atoms with van der Waals surface area (Å²) in [5.41, 5.74) is 2.49. The SMILES string of the molecule is COc1ccccc1C(O)c1ccc(C)c(Cl)c1. The van der Waals surface area contributed by atoms with Crippen molar-refractivity contribution in [2.24, 2.45) is 0 Å². The third kappa shape index (κ3) is 2.50. The quantitative estimate of drug-likeness (QED) is 0.913. The Kier molecular flexibility index (Phi) is 3.90. The van der Waals surface area contributed by atoms with Gasteiger partial charge in [-0.3, -0.25) is 0 Å². The summed E-state index contributed by atoms with van der Waals surface area (Å²) in [7, 11) is 1.59. The molecule has 0 spiro atoms. The summed E-state index contributed by atoms with van der Waals surface area (Å²) < 4.78 is 5.25. The molecule has 2 rings (SSSR count). The van der Waals surface area contributed by atoms with Crippen LogP contribution in [-0.4, -0.2) is 12.2 Å². The molecule has 0 aliphatic rings. The van der Waals surface area contributed by atoms with E-state index in [1.54, 1.807) is 13.2 Å². The van der Waals surface area contributed by atoms with Gasteiger partial charge in [0.2, 0.25) is 0 Å². The number of aliphatic hydroxyl groups is 1. The largest absolute Gasteiger partial charge is 0.496 e. The lowest BCUT2D eigenvalue weighted by atomic mass is 10.00. The predicted octanol–water partition coefficient (Wildman–Crippen LogP) is 3.74. The number of para-hydroxylation sites is 1. The fourth-order valence-corrected chi connectivity index (χ4v) is 2.04. The average Bonchev–Trinajstić information content (AvgIpc) is 2.41. The zero-order valence-corrected chi connectivity index (χ0v) is 11.1. The second-order valence-corrected chi connectivity index (χ2v) is 4.56. The fourth-order valence-electron chi connectivity index (χ4n) is 1.85. The van der Waals surface area contributed by atoms with Crippen molar-refractivity contribution >= 4 is 11.6 Å². The molecule has 0 fully saturated rings. The van der Waals surface area contributed by atoms with Crippen LogP contribution in [0.25, 0.3) is 0 Å². The molecule has 0 saturated heterocycles. The zero-order valence-electron chi connectivity index (χ0n) is 10.4. The Labute approximate surface area is 112 Å². The molecule has 1 unspecified atom stereocenters. The number of hydrogen-bond acceptors (Lipinski definition) is 2. The molecule has 0 aromatic heterocycles. The fraction of sp³-hybridized carbons (Fsp3) is 0.200. The normalized spacial score (nSPS) is 12.2. The number of aliphatic hydroxyl groups excluding tert-OH is 1. The second kappa shape index (κ2) is 5.42. The summed E-state index contributed by atoms with van der Waals surface area (Å²) >= 11 is 6.08. The molecule has 1 atom stereocenters. The number of ether oxygens (including phenoxy) is 1. The maximum atomic E-state index is 10.4. The van der Waals surface area contributed by atoms with Crippen LogP contribution in [0.5, 0.6) is 5.75 Å². The smallest absolute Gasteiger partial charge is 0.125 e. The van der Waals surface area contributed by atoms with E-state index in [1.807, 2.05) is 43.3 Å². The molecule has 18 heavy (non-hydrogen) atoms. The molecule has 2 nitrogen and oxygen atoms in total. The lowest BCUT2D eigenvalue weighted by Gasteiger charge is -2.15. The van der Waals surface area contributed by atoms with Crippen LogP contribution >= 0.6 is 11.6 Å². The summed E-state index contributed by atoms with van der Waals surface area (Å²) in [5, 5.41) is 11.0. The van der Waals surface area contributed by atoms with E-state index in [9.17, 15) is 5.11 Å². The van der Waals surface area contributed by atoms with E-state index in [4.69, 9.17) is 16.3 Å². The first-order valence-electron chi connectivity index (χ1n) is 5.70. The van der Waals surface area contributed by atoms with Crippen LogP contribution in [0.4, 0.5) is 0 Å². The number of rotatable bonds is 3. The number of aryl methyl sites for hydroxylation is 1. The Hall–Kier alpha value is -1.51. The standard InChI is InChI=1S/C15H15ClO2/c1-10-7-8-11(9-13(10)16)15(17)12-5-3-4-6-14(12)18-2/h3-9,15,17H,1-2H3.